The molecule has 1 aliphatic carbocycles. The highest BCUT2D eigenvalue weighted by atomic mass is 19.4. The molecule has 2 atom stereocenters. The SMILES string of the molecule is O=C(NC1CCCC(C(F)(F)F)C1)N1CCOCC1. The van der Waals surface area contributed by atoms with Crippen molar-refractivity contribution in [2.24, 2.45) is 5.92 Å². The Balaban J connectivity index is 1.83. The molecule has 1 saturated heterocycles. The predicted molar refractivity (Wildman–Crippen MR) is 62.7 cm³/mol. The summed E-state index contributed by atoms with van der Waals surface area (Å²) in [7, 11) is 0. The van der Waals surface area contributed by atoms with E-state index in [0.717, 1.165) is 0 Å². The van der Waals surface area contributed by atoms with Crippen molar-refractivity contribution < 1.29 is 22.7 Å². The van der Waals surface area contributed by atoms with Gasteiger partial charge in [-0.05, 0) is 19.3 Å². The van der Waals surface area contributed by atoms with Gasteiger partial charge in [-0.15, -0.1) is 0 Å². The lowest BCUT2D eigenvalue weighted by Crippen LogP contribution is -2.50. The van der Waals surface area contributed by atoms with E-state index in [9.17, 15) is 18.0 Å². The van der Waals surface area contributed by atoms with Gasteiger partial charge in [0.1, 0.15) is 0 Å². The third-order valence-electron chi connectivity index (χ3n) is 3.76. The van der Waals surface area contributed by atoms with Gasteiger partial charge in [0.05, 0.1) is 19.1 Å². The molecule has 2 unspecified atom stereocenters. The maximum absolute atomic E-state index is 12.7. The first-order valence-corrected chi connectivity index (χ1v) is 6.66. The second-order valence-corrected chi connectivity index (χ2v) is 5.15. The minimum atomic E-state index is -4.15. The standard InChI is InChI=1S/C12H19F3N2O2/c13-12(14,15)9-2-1-3-10(8-9)16-11(18)17-4-6-19-7-5-17/h9-10H,1-8H2,(H,16,18). The van der Waals surface area contributed by atoms with Crippen LogP contribution >= 0.6 is 0 Å². The Kier molecular flexibility index (Phi) is 4.54. The smallest absolute Gasteiger partial charge is 0.378 e. The van der Waals surface area contributed by atoms with Crippen molar-refractivity contribution in [2.75, 3.05) is 26.3 Å². The zero-order valence-electron chi connectivity index (χ0n) is 10.7. The van der Waals surface area contributed by atoms with Gasteiger partial charge in [0.2, 0.25) is 0 Å². The van der Waals surface area contributed by atoms with E-state index in [0.29, 0.717) is 39.1 Å². The zero-order valence-corrected chi connectivity index (χ0v) is 10.7. The molecule has 1 heterocycles. The van der Waals surface area contributed by atoms with Crippen molar-refractivity contribution in [3.8, 4) is 0 Å². The molecule has 0 radical (unpaired) electrons. The molecule has 2 rings (SSSR count). The first kappa shape index (κ1) is 14.4. The highest BCUT2D eigenvalue weighted by Crippen LogP contribution is 2.37. The van der Waals surface area contributed by atoms with Gasteiger partial charge in [-0.1, -0.05) is 6.42 Å². The van der Waals surface area contributed by atoms with E-state index in [1.165, 1.54) is 0 Å². The number of rotatable bonds is 1. The van der Waals surface area contributed by atoms with Gasteiger partial charge >= 0.3 is 12.2 Å². The fourth-order valence-electron chi connectivity index (χ4n) is 2.65. The molecule has 0 aromatic heterocycles. The summed E-state index contributed by atoms with van der Waals surface area (Å²) in [6.07, 6.45) is -2.84. The molecular weight excluding hydrogens is 261 g/mol. The topological polar surface area (TPSA) is 41.6 Å². The molecule has 0 spiro atoms. The fourth-order valence-corrected chi connectivity index (χ4v) is 2.65. The van der Waals surface area contributed by atoms with Crippen molar-refractivity contribution in [1.29, 1.82) is 0 Å². The van der Waals surface area contributed by atoms with Crippen LogP contribution in [0.1, 0.15) is 25.7 Å². The molecule has 0 aromatic rings. The number of carbonyl (C=O) groups excluding carboxylic acids is 1. The molecule has 1 N–H and O–H groups in total. The van der Waals surface area contributed by atoms with E-state index in [1.807, 2.05) is 0 Å². The Bertz CT molecular complexity index is 317. The number of nitrogens with one attached hydrogen (secondary N) is 1. The molecule has 4 nitrogen and oxygen atoms in total. The van der Waals surface area contributed by atoms with Crippen LogP contribution in [0.15, 0.2) is 0 Å². The van der Waals surface area contributed by atoms with Gasteiger partial charge in [-0.3, -0.25) is 0 Å². The van der Waals surface area contributed by atoms with E-state index < -0.39 is 12.1 Å². The summed E-state index contributed by atoms with van der Waals surface area (Å²) < 4.78 is 43.1. The van der Waals surface area contributed by atoms with Crippen molar-refractivity contribution in [3.63, 3.8) is 0 Å². The van der Waals surface area contributed by atoms with Crippen LogP contribution in [0.5, 0.6) is 0 Å². The van der Waals surface area contributed by atoms with Gasteiger partial charge in [0.15, 0.2) is 0 Å². The third kappa shape index (κ3) is 3.99. The number of ether oxygens (including phenoxy) is 1. The second-order valence-electron chi connectivity index (χ2n) is 5.15. The molecule has 2 fully saturated rings. The number of morpholine rings is 1. The van der Waals surface area contributed by atoms with Gasteiger partial charge in [0.25, 0.3) is 0 Å². The summed E-state index contributed by atoms with van der Waals surface area (Å²) >= 11 is 0. The lowest BCUT2D eigenvalue weighted by Gasteiger charge is -2.33. The number of halogens is 3. The molecule has 2 amide bonds. The quantitative estimate of drug-likeness (QED) is 0.799. The van der Waals surface area contributed by atoms with Crippen LogP contribution in [0.3, 0.4) is 0 Å². The molecule has 2 aliphatic rings. The molecule has 1 saturated carbocycles. The summed E-state index contributed by atoms with van der Waals surface area (Å²) in [5, 5.41) is 2.72. The molecule has 1 aliphatic heterocycles. The van der Waals surface area contributed by atoms with Crippen molar-refractivity contribution in [1.82, 2.24) is 10.2 Å². The number of hydrogen-bond acceptors (Lipinski definition) is 2. The highest BCUT2D eigenvalue weighted by molar-refractivity contribution is 5.74. The Morgan fingerprint density at radius 1 is 1.21 bits per heavy atom. The van der Waals surface area contributed by atoms with E-state index in [4.69, 9.17) is 4.74 Å². The lowest BCUT2D eigenvalue weighted by atomic mass is 9.85. The van der Waals surface area contributed by atoms with E-state index in [2.05, 4.69) is 5.32 Å². The highest BCUT2D eigenvalue weighted by Gasteiger charge is 2.42. The minimum absolute atomic E-state index is 0.000417. The van der Waals surface area contributed by atoms with Crippen LogP contribution in [-0.2, 0) is 4.74 Å². The summed E-state index contributed by atoms with van der Waals surface area (Å²) in [5.41, 5.74) is 0. The average Bonchev–Trinajstić information content (AvgIpc) is 2.39. The number of nitrogens with zero attached hydrogens (tertiary/aromatic N) is 1. The zero-order chi connectivity index (χ0) is 13.9. The molecule has 19 heavy (non-hydrogen) atoms. The molecule has 110 valence electrons. The Hall–Kier alpha value is -0.980. The van der Waals surface area contributed by atoms with Gasteiger partial charge in [-0.2, -0.15) is 13.2 Å². The average molecular weight is 280 g/mol. The Labute approximate surface area is 110 Å². The van der Waals surface area contributed by atoms with Gasteiger partial charge < -0.3 is 15.0 Å². The maximum Gasteiger partial charge on any atom is 0.391 e. The Morgan fingerprint density at radius 2 is 1.89 bits per heavy atom. The number of alkyl halides is 3. The van der Waals surface area contributed by atoms with Crippen molar-refractivity contribution in [2.45, 2.75) is 37.9 Å². The largest absolute Gasteiger partial charge is 0.391 e. The predicted octanol–water partition coefficient (Wildman–Crippen LogP) is 2.15. The molecule has 0 bridgehead atoms. The van der Waals surface area contributed by atoms with Crippen LogP contribution in [0, 0.1) is 5.92 Å². The van der Waals surface area contributed by atoms with Gasteiger partial charge in [0, 0.05) is 19.1 Å². The van der Waals surface area contributed by atoms with Crippen LogP contribution < -0.4 is 5.32 Å². The Morgan fingerprint density at radius 3 is 2.53 bits per heavy atom. The van der Waals surface area contributed by atoms with Crippen molar-refractivity contribution in [3.05, 3.63) is 0 Å². The van der Waals surface area contributed by atoms with Crippen LogP contribution in [0.2, 0.25) is 0 Å². The summed E-state index contributed by atoms with van der Waals surface area (Å²) in [4.78, 5) is 13.5. The maximum atomic E-state index is 12.7. The first-order chi connectivity index (χ1) is 8.97. The van der Waals surface area contributed by atoms with Gasteiger partial charge in [-0.25, -0.2) is 4.79 Å². The summed E-state index contributed by atoms with van der Waals surface area (Å²) in [6.45, 7) is 1.98. The first-order valence-electron chi connectivity index (χ1n) is 6.66. The second kappa shape index (κ2) is 5.98. The van der Waals surface area contributed by atoms with E-state index in [1.54, 1.807) is 4.90 Å². The molecule has 7 heteroatoms. The number of amides is 2. The van der Waals surface area contributed by atoms with Crippen LogP contribution in [0.4, 0.5) is 18.0 Å². The number of urea groups is 1. The van der Waals surface area contributed by atoms with Crippen LogP contribution in [-0.4, -0.2) is 49.5 Å². The van der Waals surface area contributed by atoms with Crippen molar-refractivity contribution >= 4 is 6.03 Å². The fraction of sp³-hybridized carbons (Fsp3) is 0.917. The van der Waals surface area contributed by atoms with E-state index >= 15 is 0 Å². The summed E-state index contributed by atoms with van der Waals surface area (Å²) in [6, 6.07) is -0.633. The number of carbonyl (C=O) groups is 1. The molecular formula is C12H19F3N2O2. The monoisotopic (exact) mass is 280 g/mol. The lowest BCUT2D eigenvalue weighted by molar-refractivity contribution is -0.183. The van der Waals surface area contributed by atoms with Crippen LogP contribution in [0.25, 0.3) is 0 Å². The molecule has 0 aromatic carbocycles. The number of hydrogen-bond donors (Lipinski definition) is 1. The third-order valence-corrected chi connectivity index (χ3v) is 3.76. The van der Waals surface area contributed by atoms with E-state index in [-0.39, 0.29) is 24.9 Å². The minimum Gasteiger partial charge on any atom is -0.378 e. The summed E-state index contributed by atoms with van der Waals surface area (Å²) in [5.74, 6) is -1.28. The normalized spacial score (nSPS) is 29.1.